The van der Waals surface area contributed by atoms with Gasteiger partial charge in [-0.3, -0.25) is 8.97 Å². The van der Waals surface area contributed by atoms with E-state index in [1.165, 1.54) is 0 Å². The summed E-state index contributed by atoms with van der Waals surface area (Å²) in [5, 5.41) is 10.4. The van der Waals surface area contributed by atoms with Crippen LogP contribution in [-0.4, -0.2) is 20.5 Å². The van der Waals surface area contributed by atoms with Crippen molar-refractivity contribution in [2.75, 3.05) is 11.4 Å². The SMILES string of the molecule is C=C1/C=C\C=C/CN(c2cccc(C#N)c2-n2c3ccccc3n3c4ccccc4nc23)c2ccccc21. The third kappa shape index (κ3) is 3.21. The molecule has 6 aromatic rings. The number of rotatable bonds is 2. The van der Waals surface area contributed by atoms with E-state index in [-0.39, 0.29) is 0 Å². The van der Waals surface area contributed by atoms with E-state index in [1.54, 1.807) is 0 Å². The van der Waals surface area contributed by atoms with Gasteiger partial charge in [0.15, 0.2) is 0 Å². The van der Waals surface area contributed by atoms with Crippen molar-refractivity contribution in [2.45, 2.75) is 0 Å². The fourth-order valence-electron chi connectivity index (χ4n) is 5.46. The molecule has 5 heteroatoms. The summed E-state index contributed by atoms with van der Waals surface area (Å²) in [6.07, 6.45) is 8.23. The van der Waals surface area contributed by atoms with Crippen LogP contribution in [0.25, 0.3) is 39.1 Å². The maximum absolute atomic E-state index is 10.4. The van der Waals surface area contributed by atoms with Crippen LogP contribution in [0.1, 0.15) is 11.1 Å². The summed E-state index contributed by atoms with van der Waals surface area (Å²) in [6, 6.07) is 33.1. The van der Waals surface area contributed by atoms with Gasteiger partial charge in [0.05, 0.1) is 39.0 Å². The van der Waals surface area contributed by atoms with Crippen LogP contribution in [0.15, 0.2) is 122 Å². The van der Waals surface area contributed by atoms with Gasteiger partial charge in [-0.25, -0.2) is 4.98 Å². The summed E-state index contributed by atoms with van der Waals surface area (Å²) < 4.78 is 4.32. The monoisotopic (exact) mass is 489 g/mol. The second-order valence-corrected chi connectivity index (χ2v) is 9.29. The van der Waals surface area contributed by atoms with Gasteiger partial charge in [-0.15, -0.1) is 0 Å². The van der Waals surface area contributed by atoms with Gasteiger partial charge in [0.1, 0.15) is 6.07 Å². The maximum atomic E-state index is 10.4. The Balaban J connectivity index is 1.60. The Morgan fingerprint density at radius 1 is 0.763 bits per heavy atom. The molecule has 2 aromatic heterocycles. The Morgan fingerprint density at radius 3 is 2.37 bits per heavy atom. The van der Waals surface area contributed by atoms with Gasteiger partial charge < -0.3 is 4.90 Å². The molecule has 38 heavy (non-hydrogen) atoms. The Morgan fingerprint density at radius 2 is 1.50 bits per heavy atom. The van der Waals surface area contributed by atoms with Crippen molar-refractivity contribution >= 4 is 44.8 Å². The maximum Gasteiger partial charge on any atom is 0.220 e. The predicted octanol–water partition coefficient (Wildman–Crippen LogP) is 7.58. The van der Waals surface area contributed by atoms with Gasteiger partial charge in [-0.2, -0.15) is 5.26 Å². The van der Waals surface area contributed by atoms with Crippen LogP contribution < -0.4 is 4.90 Å². The highest BCUT2D eigenvalue weighted by atomic mass is 15.2. The topological polar surface area (TPSA) is 49.3 Å². The van der Waals surface area contributed by atoms with E-state index in [0.29, 0.717) is 12.1 Å². The minimum absolute atomic E-state index is 0.580. The molecular formula is C33H23N5. The Kier molecular flexibility index (Phi) is 4.99. The summed E-state index contributed by atoms with van der Waals surface area (Å²) in [5.74, 6) is 0.774. The predicted molar refractivity (Wildman–Crippen MR) is 155 cm³/mol. The zero-order valence-electron chi connectivity index (χ0n) is 20.6. The number of fused-ring (bicyclic) bond motifs is 6. The second-order valence-electron chi connectivity index (χ2n) is 9.29. The molecule has 180 valence electrons. The third-order valence-electron chi connectivity index (χ3n) is 7.13. The fourth-order valence-corrected chi connectivity index (χ4v) is 5.46. The summed E-state index contributed by atoms with van der Waals surface area (Å²) >= 11 is 0. The summed E-state index contributed by atoms with van der Waals surface area (Å²) in [6.45, 7) is 4.95. The zero-order valence-corrected chi connectivity index (χ0v) is 20.6. The van der Waals surface area contributed by atoms with Crippen LogP contribution in [0.5, 0.6) is 0 Å². The zero-order chi connectivity index (χ0) is 25.6. The van der Waals surface area contributed by atoms with Crippen LogP contribution in [0, 0.1) is 11.3 Å². The molecule has 1 aliphatic rings. The fraction of sp³-hybridized carbons (Fsp3) is 0.0303. The molecule has 0 spiro atoms. The lowest BCUT2D eigenvalue weighted by molar-refractivity contribution is 1.04. The molecule has 1 aliphatic heterocycles. The number of hydrogen-bond donors (Lipinski definition) is 0. The van der Waals surface area contributed by atoms with Gasteiger partial charge in [0.25, 0.3) is 0 Å². The Labute approximate surface area is 220 Å². The highest BCUT2D eigenvalue weighted by Crippen LogP contribution is 2.40. The molecule has 0 bridgehead atoms. The van der Waals surface area contributed by atoms with Crippen LogP contribution in [0.2, 0.25) is 0 Å². The molecule has 0 atom stereocenters. The normalized spacial score (nSPS) is 15.1. The molecule has 0 N–H and O–H groups in total. The first-order valence-electron chi connectivity index (χ1n) is 12.6. The van der Waals surface area contributed by atoms with Crippen molar-refractivity contribution in [2.24, 2.45) is 0 Å². The average Bonchev–Trinajstić information content (AvgIpc) is 3.50. The average molecular weight is 490 g/mol. The van der Waals surface area contributed by atoms with E-state index in [4.69, 9.17) is 4.98 Å². The number of benzene rings is 4. The van der Waals surface area contributed by atoms with E-state index in [9.17, 15) is 5.26 Å². The largest absolute Gasteiger partial charge is 0.335 e. The van der Waals surface area contributed by atoms with Crippen LogP contribution in [0.4, 0.5) is 11.4 Å². The highest BCUT2D eigenvalue weighted by molar-refractivity contribution is 5.94. The van der Waals surface area contributed by atoms with Crippen molar-refractivity contribution in [1.82, 2.24) is 14.0 Å². The Bertz CT molecular complexity index is 1990. The van der Waals surface area contributed by atoms with Crippen molar-refractivity contribution in [1.29, 1.82) is 5.26 Å². The van der Waals surface area contributed by atoms with Crippen molar-refractivity contribution in [3.63, 3.8) is 0 Å². The molecule has 0 radical (unpaired) electrons. The number of aromatic nitrogens is 3. The minimum atomic E-state index is 0.580. The second kappa shape index (κ2) is 8.65. The first kappa shape index (κ1) is 21.9. The summed E-state index contributed by atoms with van der Waals surface area (Å²) in [5.41, 5.74) is 9.30. The number of nitrogens with zero attached hydrogens (tertiary/aromatic N) is 5. The lowest BCUT2D eigenvalue weighted by atomic mass is 10.0. The first-order chi connectivity index (χ1) is 18.8. The summed E-state index contributed by atoms with van der Waals surface area (Å²) in [7, 11) is 0. The third-order valence-corrected chi connectivity index (χ3v) is 7.13. The van der Waals surface area contributed by atoms with Crippen molar-refractivity contribution in [3.05, 3.63) is 133 Å². The van der Waals surface area contributed by atoms with Gasteiger partial charge in [0.2, 0.25) is 5.78 Å². The lowest BCUT2D eigenvalue weighted by Gasteiger charge is -2.29. The highest BCUT2D eigenvalue weighted by Gasteiger charge is 2.24. The molecule has 0 saturated carbocycles. The molecule has 5 nitrogen and oxygen atoms in total. The number of anilines is 2. The van der Waals surface area contributed by atoms with Gasteiger partial charge in [-0.05, 0) is 48.0 Å². The van der Waals surface area contributed by atoms with E-state index < -0.39 is 0 Å². The van der Waals surface area contributed by atoms with Crippen molar-refractivity contribution < 1.29 is 0 Å². The molecule has 7 rings (SSSR count). The number of allylic oxidation sites excluding steroid dienone is 4. The molecule has 3 heterocycles. The van der Waals surface area contributed by atoms with Gasteiger partial charge in [-0.1, -0.05) is 79.4 Å². The number of para-hydroxylation sites is 6. The molecule has 0 amide bonds. The minimum Gasteiger partial charge on any atom is -0.335 e. The van der Waals surface area contributed by atoms with Crippen LogP contribution >= 0.6 is 0 Å². The summed E-state index contributed by atoms with van der Waals surface area (Å²) in [4.78, 5) is 7.31. The van der Waals surface area contributed by atoms with E-state index in [2.05, 4.69) is 69.0 Å². The van der Waals surface area contributed by atoms with Gasteiger partial charge in [0, 0.05) is 17.8 Å². The lowest BCUT2D eigenvalue weighted by Crippen LogP contribution is -2.20. The molecule has 0 aliphatic carbocycles. The Hall–Kier alpha value is -5.34. The standard InChI is InChI=1S/C33H23N5/c1-23-12-3-2-10-21-36(27-16-6-4-14-25(23)27)31-20-11-13-24(22-34)32(31)38-30-19-9-8-18-29(30)37-28-17-7-5-15-26(28)35-33(37)38/h2-20H,1,21H2/b10-2-,12-3-. The molecule has 4 aromatic carbocycles. The van der Waals surface area contributed by atoms with Crippen LogP contribution in [-0.2, 0) is 0 Å². The number of hydrogen-bond acceptors (Lipinski definition) is 3. The van der Waals surface area contributed by atoms with E-state index in [0.717, 1.165) is 56.0 Å². The molecule has 0 unspecified atom stereocenters. The smallest absolute Gasteiger partial charge is 0.220 e. The molecule has 0 saturated heterocycles. The van der Waals surface area contributed by atoms with Gasteiger partial charge >= 0.3 is 0 Å². The molecular weight excluding hydrogens is 466 g/mol. The van der Waals surface area contributed by atoms with E-state index in [1.807, 2.05) is 72.8 Å². The quantitative estimate of drug-likeness (QED) is 0.252. The first-order valence-corrected chi connectivity index (χ1v) is 12.6. The number of imidazole rings is 2. The van der Waals surface area contributed by atoms with E-state index >= 15 is 0 Å². The number of nitriles is 1. The molecule has 0 fully saturated rings. The van der Waals surface area contributed by atoms with Crippen LogP contribution in [0.3, 0.4) is 0 Å². The van der Waals surface area contributed by atoms with Crippen molar-refractivity contribution in [3.8, 4) is 11.8 Å².